The second-order valence-electron chi connectivity index (χ2n) is 3.93. The zero-order valence-corrected chi connectivity index (χ0v) is 9.22. The van der Waals surface area contributed by atoms with Crippen molar-refractivity contribution in [3.63, 3.8) is 0 Å². The predicted molar refractivity (Wildman–Crippen MR) is 53.6 cm³/mol. The number of rotatable bonds is 1. The third-order valence-corrected chi connectivity index (χ3v) is 3.98. The van der Waals surface area contributed by atoms with Crippen molar-refractivity contribution in [2.24, 2.45) is 5.73 Å². The summed E-state index contributed by atoms with van der Waals surface area (Å²) < 4.78 is 32.3. The molecule has 0 aromatic carbocycles. The SMILES string of the molecule is NCC1O[C@H]2CNS(=O)(=O)N[C@H]2C(O)C1O. The van der Waals surface area contributed by atoms with Gasteiger partial charge in [0.15, 0.2) is 0 Å². The number of hydrogen-bond acceptors (Lipinski definition) is 6. The number of aliphatic hydroxyl groups is 2. The molecular formula is C7H15N3O5S. The lowest BCUT2D eigenvalue weighted by atomic mass is 9.93. The van der Waals surface area contributed by atoms with Crippen molar-refractivity contribution in [3.8, 4) is 0 Å². The number of nitrogens with two attached hydrogens (primary N) is 1. The number of ether oxygens (including phenoxy) is 1. The van der Waals surface area contributed by atoms with Crippen LogP contribution in [0.1, 0.15) is 0 Å². The van der Waals surface area contributed by atoms with Gasteiger partial charge in [-0.2, -0.15) is 17.9 Å². The van der Waals surface area contributed by atoms with Crippen LogP contribution in [0.3, 0.4) is 0 Å². The van der Waals surface area contributed by atoms with E-state index in [4.69, 9.17) is 10.5 Å². The summed E-state index contributed by atoms with van der Waals surface area (Å²) in [4.78, 5) is 0. The van der Waals surface area contributed by atoms with Crippen LogP contribution in [-0.4, -0.2) is 62.2 Å². The molecule has 6 N–H and O–H groups in total. The van der Waals surface area contributed by atoms with Crippen molar-refractivity contribution < 1.29 is 23.4 Å². The van der Waals surface area contributed by atoms with E-state index >= 15 is 0 Å². The molecule has 2 fully saturated rings. The summed E-state index contributed by atoms with van der Waals surface area (Å²) in [6.45, 7) is 0.120. The van der Waals surface area contributed by atoms with Crippen LogP contribution in [0.4, 0.5) is 0 Å². The molecular weight excluding hydrogens is 238 g/mol. The van der Waals surface area contributed by atoms with Crippen LogP contribution in [-0.2, 0) is 14.9 Å². The molecule has 0 amide bonds. The quantitative estimate of drug-likeness (QED) is 0.326. The molecule has 0 radical (unpaired) electrons. The van der Waals surface area contributed by atoms with Gasteiger partial charge in [0.05, 0.1) is 18.2 Å². The van der Waals surface area contributed by atoms with Crippen LogP contribution in [0.15, 0.2) is 0 Å². The van der Waals surface area contributed by atoms with E-state index in [1.807, 2.05) is 0 Å². The molecule has 2 rings (SSSR count). The predicted octanol–water partition coefficient (Wildman–Crippen LogP) is -3.76. The molecule has 0 aliphatic carbocycles. The van der Waals surface area contributed by atoms with E-state index in [-0.39, 0.29) is 13.1 Å². The molecule has 2 saturated heterocycles. The Balaban J connectivity index is 2.17. The fourth-order valence-corrected chi connectivity index (χ4v) is 3.09. The van der Waals surface area contributed by atoms with Crippen LogP contribution in [0.2, 0.25) is 0 Å². The zero-order chi connectivity index (χ0) is 11.9. The number of hydrogen-bond donors (Lipinski definition) is 5. The summed E-state index contributed by atoms with van der Waals surface area (Å²) in [5.41, 5.74) is 5.38. The second kappa shape index (κ2) is 4.18. The Morgan fingerprint density at radius 1 is 1.38 bits per heavy atom. The second-order valence-corrected chi connectivity index (χ2v) is 5.46. The first-order valence-corrected chi connectivity index (χ1v) is 6.41. The lowest BCUT2D eigenvalue weighted by Crippen LogP contribution is -2.70. The molecule has 0 spiro atoms. The van der Waals surface area contributed by atoms with E-state index in [2.05, 4.69) is 9.44 Å². The minimum Gasteiger partial charge on any atom is -0.389 e. The summed E-state index contributed by atoms with van der Waals surface area (Å²) in [6.07, 6.45) is -3.62. The van der Waals surface area contributed by atoms with Crippen molar-refractivity contribution in [2.75, 3.05) is 13.1 Å². The first kappa shape index (κ1) is 12.2. The van der Waals surface area contributed by atoms with Gasteiger partial charge in [0.1, 0.15) is 12.2 Å². The van der Waals surface area contributed by atoms with Gasteiger partial charge in [0.2, 0.25) is 0 Å². The van der Waals surface area contributed by atoms with E-state index in [9.17, 15) is 18.6 Å². The average molecular weight is 253 g/mol. The zero-order valence-electron chi connectivity index (χ0n) is 8.41. The summed E-state index contributed by atoms with van der Waals surface area (Å²) in [7, 11) is -3.62. The summed E-state index contributed by atoms with van der Waals surface area (Å²) in [5, 5.41) is 19.4. The molecule has 8 nitrogen and oxygen atoms in total. The molecule has 94 valence electrons. The van der Waals surface area contributed by atoms with Crippen LogP contribution in [0.25, 0.3) is 0 Å². The molecule has 0 aromatic heterocycles. The van der Waals surface area contributed by atoms with Gasteiger partial charge in [-0.3, -0.25) is 0 Å². The lowest BCUT2D eigenvalue weighted by Gasteiger charge is -2.44. The standard InChI is InChI=1S/C7H15N3O5S/c8-1-3-6(11)7(12)5-4(15-3)2-9-16(13,14)10-5/h3-7,9-12H,1-2,8H2/t3?,4-,5+,6?,7?/m0/s1. The summed E-state index contributed by atoms with van der Waals surface area (Å²) in [6, 6.07) is -0.843. The normalized spacial score (nSPS) is 47.3. The summed E-state index contributed by atoms with van der Waals surface area (Å²) >= 11 is 0. The Kier molecular flexibility index (Phi) is 3.18. The fourth-order valence-electron chi connectivity index (χ4n) is 1.97. The number of nitrogens with one attached hydrogen (secondary N) is 2. The van der Waals surface area contributed by atoms with Crippen molar-refractivity contribution in [3.05, 3.63) is 0 Å². The highest BCUT2D eigenvalue weighted by Crippen LogP contribution is 2.22. The van der Waals surface area contributed by atoms with Crippen molar-refractivity contribution in [1.82, 2.24) is 9.44 Å². The van der Waals surface area contributed by atoms with Crippen LogP contribution >= 0.6 is 0 Å². The highest BCUT2D eigenvalue weighted by Gasteiger charge is 2.47. The molecule has 0 aromatic rings. The van der Waals surface area contributed by atoms with Crippen LogP contribution in [0, 0.1) is 0 Å². The minimum absolute atomic E-state index is 0.0558. The van der Waals surface area contributed by atoms with E-state index in [1.54, 1.807) is 0 Å². The monoisotopic (exact) mass is 253 g/mol. The third-order valence-electron chi connectivity index (χ3n) is 2.85. The van der Waals surface area contributed by atoms with Gasteiger partial charge >= 0.3 is 0 Å². The highest BCUT2D eigenvalue weighted by molar-refractivity contribution is 7.87. The molecule has 0 bridgehead atoms. The fraction of sp³-hybridized carbons (Fsp3) is 1.00. The van der Waals surface area contributed by atoms with Gasteiger partial charge in [-0.05, 0) is 0 Å². The number of fused-ring (bicyclic) bond motifs is 1. The molecule has 2 aliphatic heterocycles. The van der Waals surface area contributed by atoms with Crippen molar-refractivity contribution in [2.45, 2.75) is 30.5 Å². The average Bonchev–Trinajstić information content (AvgIpc) is 2.23. The van der Waals surface area contributed by atoms with Gasteiger partial charge in [-0.25, -0.2) is 0 Å². The lowest BCUT2D eigenvalue weighted by molar-refractivity contribution is -0.177. The van der Waals surface area contributed by atoms with Crippen LogP contribution < -0.4 is 15.2 Å². The maximum Gasteiger partial charge on any atom is 0.277 e. The molecule has 3 unspecified atom stereocenters. The van der Waals surface area contributed by atoms with Crippen LogP contribution in [0.5, 0.6) is 0 Å². The van der Waals surface area contributed by atoms with E-state index < -0.39 is 40.7 Å². The minimum atomic E-state index is -3.62. The van der Waals surface area contributed by atoms with Gasteiger partial charge < -0.3 is 20.7 Å². The largest absolute Gasteiger partial charge is 0.389 e. The molecule has 9 heteroatoms. The van der Waals surface area contributed by atoms with E-state index in [0.29, 0.717) is 0 Å². The maximum absolute atomic E-state index is 11.2. The summed E-state index contributed by atoms with van der Waals surface area (Å²) in [5.74, 6) is 0. The molecule has 16 heavy (non-hydrogen) atoms. The van der Waals surface area contributed by atoms with Crippen molar-refractivity contribution >= 4 is 10.2 Å². The Hall–Kier alpha value is -0.290. The maximum atomic E-state index is 11.2. The van der Waals surface area contributed by atoms with Gasteiger partial charge in [0.25, 0.3) is 10.2 Å². The smallest absolute Gasteiger partial charge is 0.277 e. The first-order chi connectivity index (χ1) is 7.44. The Labute approximate surface area is 93.0 Å². The van der Waals surface area contributed by atoms with E-state index in [0.717, 1.165) is 0 Å². The molecule has 5 atom stereocenters. The molecule has 0 saturated carbocycles. The van der Waals surface area contributed by atoms with Gasteiger partial charge in [-0.1, -0.05) is 0 Å². The van der Waals surface area contributed by atoms with Gasteiger partial charge in [-0.15, -0.1) is 0 Å². The first-order valence-electron chi connectivity index (χ1n) is 4.93. The number of aliphatic hydroxyl groups excluding tert-OH is 2. The Bertz CT molecular complexity index is 359. The van der Waals surface area contributed by atoms with Gasteiger partial charge in [0, 0.05) is 13.1 Å². The highest BCUT2D eigenvalue weighted by atomic mass is 32.2. The van der Waals surface area contributed by atoms with Crippen molar-refractivity contribution in [1.29, 1.82) is 0 Å². The topological polar surface area (TPSA) is 134 Å². The Morgan fingerprint density at radius 3 is 2.69 bits per heavy atom. The molecule has 2 aliphatic rings. The Morgan fingerprint density at radius 2 is 2.06 bits per heavy atom. The third kappa shape index (κ3) is 2.07. The van der Waals surface area contributed by atoms with E-state index in [1.165, 1.54) is 0 Å². The molecule has 2 heterocycles.